The monoisotopic (exact) mass is 317 g/mol. The molecule has 2 aromatic rings. The summed E-state index contributed by atoms with van der Waals surface area (Å²) >= 11 is 0. The SMILES string of the molecule is CNC(=O)NCCn1c(C)nc2cc(C(=O)NC(C)C)ccc21. The first-order valence-corrected chi connectivity index (χ1v) is 7.65. The van der Waals surface area contributed by atoms with Crippen molar-refractivity contribution in [3.8, 4) is 0 Å². The Hall–Kier alpha value is -2.57. The molecule has 0 aliphatic carbocycles. The zero-order valence-corrected chi connectivity index (χ0v) is 13.9. The average Bonchev–Trinajstić information content (AvgIpc) is 2.81. The summed E-state index contributed by atoms with van der Waals surface area (Å²) in [5, 5.41) is 8.13. The van der Waals surface area contributed by atoms with Gasteiger partial charge in [0.25, 0.3) is 5.91 Å². The number of aryl methyl sites for hydroxylation is 1. The molecule has 1 aromatic heterocycles. The molecule has 0 radical (unpaired) electrons. The molecule has 0 aliphatic heterocycles. The van der Waals surface area contributed by atoms with E-state index in [1.54, 1.807) is 19.2 Å². The highest BCUT2D eigenvalue weighted by atomic mass is 16.2. The van der Waals surface area contributed by atoms with Crippen molar-refractivity contribution in [2.75, 3.05) is 13.6 Å². The quantitative estimate of drug-likeness (QED) is 0.779. The Morgan fingerprint density at radius 2 is 2.04 bits per heavy atom. The maximum atomic E-state index is 12.1. The third-order valence-corrected chi connectivity index (χ3v) is 3.47. The van der Waals surface area contributed by atoms with Crippen LogP contribution in [0.1, 0.15) is 30.0 Å². The van der Waals surface area contributed by atoms with Crippen molar-refractivity contribution >= 4 is 23.0 Å². The Bertz CT molecular complexity index is 721. The standard InChI is InChI=1S/C16H23N5O2/c1-10(2)19-15(22)12-5-6-14-13(9-12)20-11(3)21(14)8-7-18-16(23)17-4/h5-6,9-10H,7-8H2,1-4H3,(H,19,22)(H2,17,18,23). The van der Waals surface area contributed by atoms with Gasteiger partial charge in [-0.2, -0.15) is 0 Å². The Morgan fingerprint density at radius 3 is 2.70 bits per heavy atom. The first-order valence-electron chi connectivity index (χ1n) is 7.65. The van der Waals surface area contributed by atoms with Gasteiger partial charge in [-0.1, -0.05) is 0 Å². The molecule has 0 unspecified atom stereocenters. The second kappa shape index (κ2) is 7.13. The normalized spacial score (nSPS) is 10.8. The van der Waals surface area contributed by atoms with Crippen molar-refractivity contribution < 1.29 is 9.59 Å². The maximum Gasteiger partial charge on any atom is 0.314 e. The number of nitrogens with one attached hydrogen (secondary N) is 3. The number of benzene rings is 1. The fourth-order valence-corrected chi connectivity index (χ4v) is 2.39. The van der Waals surface area contributed by atoms with Crippen LogP contribution in [-0.2, 0) is 6.54 Å². The number of urea groups is 1. The fraction of sp³-hybridized carbons (Fsp3) is 0.438. The number of aromatic nitrogens is 2. The van der Waals surface area contributed by atoms with E-state index >= 15 is 0 Å². The molecule has 0 aliphatic rings. The number of hydrogen-bond donors (Lipinski definition) is 3. The van der Waals surface area contributed by atoms with Crippen molar-refractivity contribution in [2.45, 2.75) is 33.4 Å². The number of nitrogens with zero attached hydrogens (tertiary/aromatic N) is 2. The molecule has 0 saturated heterocycles. The van der Waals surface area contributed by atoms with Gasteiger partial charge in [0.1, 0.15) is 5.82 Å². The minimum Gasteiger partial charge on any atom is -0.350 e. The summed E-state index contributed by atoms with van der Waals surface area (Å²) in [6.07, 6.45) is 0. The van der Waals surface area contributed by atoms with Crippen LogP contribution in [0.3, 0.4) is 0 Å². The molecule has 7 nitrogen and oxygen atoms in total. The predicted octanol–water partition coefficient (Wildman–Crippen LogP) is 1.41. The number of carbonyl (C=O) groups is 2. The first-order chi connectivity index (χ1) is 10.9. The lowest BCUT2D eigenvalue weighted by molar-refractivity contribution is 0.0943. The summed E-state index contributed by atoms with van der Waals surface area (Å²) in [6.45, 7) is 6.88. The summed E-state index contributed by atoms with van der Waals surface area (Å²) in [4.78, 5) is 27.8. The number of imidazole rings is 1. The minimum absolute atomic E-state index is 0.0910. The van der Waals surface area contributed by atoms with Crippen LogP contribution in [0, 0.1) is 6.92 Å². The summed E-state index contributed by atoms with van der Waals surface area (Å²) in [5.41, 5.74) is 2.32. The molecule has 0 spiro atoms. The molecule has 124 valence electrons. The number of amides is 3. The van der Waals surface area contributed by atoms with E-state index in [0.29, 0.717) is 18.7 Å². The van der Waals surface area contributed by atoms with Gasteiger partial charge in [0.2, 0.25) is 0 Å². The second-order valence-electron chi connectivity index (χ2n) is 5.65. The van der Waals surface area contributed by atoms with E-state index in [1.165, 1.54) is 0 Å². The molecule has 23 heavy (non-hydrogen) atoms. The van der Waals surface area contributed by atoms with Crippen LogP contribution in [0.25, 0.3) is 11.0 Å². The van der Waals surface area contributed by atoms with Crippen molar-refractivity contribution in [1.82, 2.24) is 25.5 Å². The van der Waals surface area contributed by atoms with E-state index in [0.717, 1.165) is 16.9 Å². The molecule has 0 atom stereocenters. The molecule has 7 heteroatoms. The van der Waals surface area contributed by atoms with Gasteiger partial charge in [-0.25, -0.2) is 9.78 Å². The Labute approximate surface area is 135 Å². The molecule has 1 heterocycles. The largest absolute Gasteiger partial charge is 0.350 e. The molecule has 0 fully saturated rings. The molecule has 3 N–H and O–H groups in total. The van der Waals surface area contributed by atoms with Crippen LogP contribution in [0.4, 0.5) is 4.79 Å². The van der Waals surface area contributed by atoms with E-state index in [1.807, 2.05) is 31.4 Å². The lowest BCUT2D eigenvalue weighted by Gasteiger charge is -2.09. The lowest BCUT2D eigenvalue weighted by atomic mass is 10.2. The predicted molar refractivity (Wildman–Crippen MR) is 89.5 cm³/mol. The van der Waals surface area contributed by atoms with Crippen molar-refractivity contribution in [3.05, 3.63) is 29.6 Å². The van der Waals surface area contributed by atoms with E-state index in [-0.39, 0.29) is 18.0 Å². The summed E-state index contributed by atoms with van der Waals surface area (Å²) in [5.74, 6) is 0.746. The van der Waals surface area contributed by atoms with Gasteiger partial charge < -0.3 is 20.5 Å². The van der Waals surface area contributed by atoms with Crippen LogP contribution >= 0.6 is 0 Å². The Kier molecular flexibility index (Phi) is 5.20. The minimum atomic E-state index is -0.209. The third-order valence-electron chi connectivity index (χ3n) is 3.47. The van der Waals surface area contributed by atoms with Crippen molar-refractivity contribution in [3.63, 3.8) is 0 Å². The van der Waals surface area contributed by atoms with E-state index < -0.39 is 0 Å². The maximum absolute atomic E-state index is 12.1. The highest BCUT2D eigenvalue weighted by molar-refractivity contribution is 5.97. The smallest absolute Gasteiger partial charge is 0.314 e. The van der Waals surface area contributed by atoms with Gasteiger partial charge in [0, 0.05) is 31.7 Å². The van der Waals surface area contributed by atoms with Crippen LogP contribution in [0.2, 0.25) is 0 Å². The molecular formula is C16H23N5O2. The molecule has 1 aromatic carbocycles. The van der Waals surface area contributed by atoms with Gasteiger partial charge in [-0.3, -0.25) is 4.79 Å². The molecule has 0 bridgehead atoms. The zero-order chi connectivity index (χ0) is 17.0. The Balaban J connectivity index is 2.19. The summed E-state index contributed by atoms with van der Waals surface area (Å²) in [7, 11) is 1.58. The molecule has 3 amide bonds. The van der Waals surface area contributed by atoms with Gasteiger partial charge in [0.05, 0.1) is 11.0 Å². The second-order valence-corrected chi connectivity index (χ2v) is 5.65. The fourth-order valence-electron chi connectivity index (χ4n) is 2.39. The number of rotatable bonds is 5. The molecular weight excluding hydrogens is 294 g/mol. The van der Waals surface area contributed by atoms with Crippen LogP contribution in [0.5, 0.6) is 0 Å². The number of fused-ring (bicyclic) bond motifs is 1. The average molecular weight is 317 g/mol. The van der Waals surface area contributed by atoms with E-state index in [2.05, 4.69) is 20.9 Å². The Morgan fingerprint density at radius 1 is 1.30 bits per heavy atom. The third kappa shape index (κ3) is 4.00. The molecule has 0 saturated carbocycles. The van der Waals surface area contributed by atoms with Gasteiger partial charge in [-0.15, -0.1) is 0 Å². The van der Waals surface area contributed by atoms with E-state index in [9.17, 15) is 9.59 Å². The number of carbonyl (C=O) groups excluding carboxylic acids is 2. The summed E-state index contributed by atoms with van der Waals surface area (Å²) < 4.78 is 2.02. The highest BCUT2D eigenvalue weighted by Crippen LogP contribution is 2.17. The van der Waals surface area contributed by atoms with Crippen LogP contribution in [0.15, 0.2) is 18.2 Å². The topological polar surface area (TPSA) is 88.1 Å². The highest BCUT2D eigenvalue weighted by Gasteiger charge is 2.12. The van der Waals surface area contributed by atoms with Gasteiger partial charge >= 0.3 is 6.03 Å². The van der Waals surface area contributed by atoms with Gasteiger partial charge in [0.15, 0.2) is 0 Å². The zero-order valence-electron chi connectivity index (χ0n) is 13.9. The van der Waals surface area contributed by atoms with Gasteiger partial charge in [-0.05, 0) is 39.0 Å². The molecule has 2 rings (SSSR count). The van der Waals surface area contributed by atoms with Crippen molar-refractivity contribution in [1.29, 1.82) is 0 Å². The number of hydrogen-bond acceptors (Lipinski definition) is 3. The van der Waals surface area contributed by atoms with E-state index in [4.69, 9.17) is 0 Å². The van der Waals surface area contributed by atoms with Crippen molar-refractivity contribution in [2.24, 2.45) is 0 Å². The van der Waals surface area contributed by atoms with Crippen LogP contribution in [-0.4, -0.2) is 41.1 Å². The summed E-state index contributed by atoms with van der Waals surface area (Å²) in [6, 6.07) is 5.37. The first kappa shape index (κ1) is 16.8. The van der Waals surface area contributed by atoms with Crippen LogP contribution < -0.4 is 16.0 Å². The lowest BCUT2D eigenvalue weighted by Crippen LogP contribution is -2.34.